The number of hydrogen-bond acceptors (Lipinski definition) is 4. The first kappa shape index (κ1) is 13.8. The summed E-state index contributed by atoms with van der Waals surface area (Å²) < 4.78 is 5.73. The molecule has 2 N–H and O–H groups in total. The van der Waals surface area contributed by atoms with Crippen molar-refractivity contribution in [1.29, 1.82) is 0 Å². The molecule has 5 heteroatoms. The highest BCUT2D eigenvalue weighted by Crippen LogP contribution is 2.06. The number of nitrogens with one attached hydrogen (secondary N) is 2. The van der Waals surface area contributed by atoms with Crippen molar-refractivity contribution in [3.63, 3.8) is 0 Å². The zero-order valence-electron chi connectivity index (χ0n) is 9.96. The third-order valence-electron chi connectivity index (χ3n) is 2.56. The fraction of sp³-hybridized carbons (Fsp3) is 0.909. The Labute approximate surface area is 102 Å². The fourth-order valence-electron chi connectivity index (χ4n) is 1.69. The molecule has 16 heavy (non-hydrogen) atoms. The first-order valence-electron chi connectivity index (χ1n) is 5.91. The third-order valence-corrected chi connectivity index (χ3v) is 3.11. The van der Waals surface area contributed by atoms with E-state index in [-0.39, 0.29) is 5.91 Å². The van der Waals surface area contributed by atoms with E-state index in [0.717, 1.165) is 45.5 Å². The molecule has 0 saturated carbocycles. The second-order valence-electron chi connectivity index (χ2n) is 3.96. The maximum atomic E-state index is 11.1. The molecule has 0 aliphatic carbocycles. The van der Waals surface area contributed by atoms with Crippen molar-refractivity contribution in [1.82, 2.24) is 10.6 Å². The summed E-state index contributed by atoms with van der Waals surface area (Å²) in [6, 6.07) is 0. The van der Waals surface area contributed by atoms with Crippen LogP contribution in [0.5, 0.6) is 0 Å². The predicted molar refractivity (Wildman–Crippen MR) is 67.9 cm³/mol. The number of thioether (sulfide) groups is 1. The molecule has 0 aromatic heterocycles. The fourth-order valence-corrected chi connectivity index (χ4v) is 2.06. The molecule has 0 aromatic rings. The lowest BCUT2D eigenvalue weighted by Gasteiger charge is -2.22. The van der Waals surface area contributed by atoms with Gasteiger partial charge in [-0.1, -0.05) is 0 Å². The summed E-state index contributed by atoms with van der Waals surface area (Å²) in [6.45, 7) is 3.61. The molecule has 0 atom stereocenters. The lowest BCUT2D eigenvalue weighted by Crippen LogP contribution is -2.33. The van der Waals surface area contributed by atoms with Gasteiger partial charge in [-0.3, -0.25) is 4.79 Å². The van der Waals surface area contributed by atoms with Crippen molar-refractivity contribution < 1.29 is 9.53 Å². The van der Waals surface area contributed by atoms with E-state index in [1.807, 2.05) is 6.26 Å². The summed E-state index contributed by atoms with van der Waals surface area (Å²) in [5.74, 6) is 0.671. The van der Waals surface area contributed by atoms with Crippen LogP contribution in [0.25, 0.3) is 0 Å². The largest absolute Gasteiger partial charge is 0.378 e. The number of amides is 1. The van der Waals surface area contributed by atoms with E-state index in [2.05, 4.69) is 10.6 Å². The molecule has 0 unspecified atom stereocenters. The Hall–Kier alpha value is -0.260. The van der Waals surface area contributed by atoms with Gasteiger partial charge in [-0.2, -0.15) is 11.8 Å². The Bertz CT molecular complexity index is 196. The minimum absolute atomic E-state index is 0.120. The topological polar surface area (TPSA) is 50.4 Å². The van der Waals surface area contributed by atoms with Gasteiger partial charge in [-0.05, 0) is 38.6 Å². The van der Waals surface area contributed by atoms with Gasteiger partial charge in [0.1, 0.15) is 0 Å². The number of ether oxygens (including phenoxy) is 1. The summed E-state index contributed by atoms with van der Waals surface area (Å²) in [5, 5.41) is 6.18. The molecule has 1 amide bonds. The van der Waals surface area contributed by atoms with Gasteiger partial charge in [-0.15, -0.1) is 0 Å². The first-order chi connectivity index (χ1) is 7.83. The predicted octanol–water partition coefficient (Wildman–Crippen LogP) is 0.624. The van der Waals surface area contributed by atoms with Crippen LogP contribution in [0.1, 0.15) is 19.3 Å². The number of carbonyl (C=O) groups is 1. The molecule has 1 fully saturated rings. The molecule has 0 bridgehead atoms. The van der Waals surface area contributed by atoms with Crippen LogP contribution < -0.4 is 10.6 Å². The molecule has 1 rings (SSSR count). The van der Waals surface area contributed by atoms with Crippen LogP contribution in [0.3, 0.4) is 0 Å². The summed E-state index contributed by atoms with van der Waals surface area (Å²) in [6.07, 6.45) is 5.48. The van der Waals surface area contributed by atoms with E-state index in [0.29, 0.717) is 11.9 Å². The van der Waals surface area contributed by atoms with Gasteiger partial charge in [0.2, 0.25) is 5.91 Å². The smallest absolute Gasteiger partial charge is 0.229 e. The van der Waals surface area contributed by atoms with Crippen LogP contribution in [-0.2, 0) is 9.53 Å². The molecular formula is C11H22N2O2S. The molecule has 4 nitrogen and oxygen atoms in total. The quantitative estimate of drug-likeness (QED) is 0.647. The van der Waals surface area contributed by atoms with Crippen molar-refractivity contribution in [3.8, 4) is 0 Å². The van der Waals surface area contributed by atoms with E-state index < -0.39 is 0 Å². The number of rotatable bonds is 7. The monoisotopic (exact) mass is 246 g/mol. The molecule has 0 radical (unpaired) electrons. The molecule has 1 saturated heterocycles. The van der Waals surface area contributed by atoms with Crippen molar-refractivity contribution in [2.75, 3.05) is 38.2 Å². The van der Waals surface area contributed by atoms with E-state index >= 15 is 0 Å². The third kappa shape index (κ3) is 6.35. The SMILES string of the molecule is CSCC(=O)NCCCOC1CCNCC1. The van der Waals surface area contributed by atoms with Gasteiger partial charge in [0.05, 0.1) is 11.9 Å². The summed E-state index contributed by atoms with van der Waals surface area (Å²) in [7, 11) is 0. The van der Waals surface area contributed by atoms with Crippen LogP contribution in [0.15, 0.2) is 0 Å². The molecule has 1 aliphatic heterocycles. The highest BCUT2D eigenvalue weighted by Gasteiger charge is 2.12. The molecule has 0 aromatic carbocycles. The highest BCUT2D eigenvalue weighted by atomic mass is 32.2. The van der Waals surface area contributed by atoms with E-state index in [9.17, 15) is 4.79 Å². The zero-order chi connectivity index (χ0) is 11.6. The molecule has 1 aliphatic rings. The van der Waals surface area contributed by atoms with Crippen molar-refractivity contribution >= 4 is 17.7 Å². The Kier molecular flexibility index (Phi) is 7.63. The van der Waals surface area contributed by atoms with E-state index in [4.69, 9.17) is 4.74 Å². The van der Waals surface area contributed by atoms with E-state index in [1.54, 1.807) is 11.8 Å². The lowest BCUT2D eigenvalue weighted by atomic mass is 10.1. The number of carbonyl (C=O) groups excluding carboxylic acids is 1. The Balaban J connectivity index is 1.89. The summed E-state index contributed by atoms with van der Waals surface area (Å²) >= 11 is 1.55. The minimum Gasteiger partial charge on any atom is -0.378 e. The zero-order valence-corrected chi connectivity index (χ0v) is 10.8. The Morgan fingerprint density at radius 3 is 2.94 bits per heavy atom. The van der Waals surface area contributed by atoms with Crippen LogP contribution in [0.2, 0.25) is 0 Å². The van der Waals surface area contributed by atoms with Crippen LogP contribution >= 0.6 is 11.8 Å². The maximum Gasteiger partial charge on any atom is 0.229 e. The van der Waals surface area contributed by atoms with Crippen molar-refractivity contribution in [2.24, 2.45) is 0 Å². The van der Waals surface area contributed by atoms with Gasteiger partial charge in [0, 0.05) is 13.2 Å². The maximum absolute atomic E-state index is 11.1. The minimum atomic E-state index is 0.120. The molecular weight excluding hydrogens is 224 g/mol. The van der Waals surface area contributed by atoms with E-state index in [1.165, 1.54) is 0 Å². The van der Waals surface area contributed by atoms with Gasteiger partial charge in [0.25, 0.3) is 0 Å². The number of piperidine rings is 1. The van der Waals surface area contributed by atoms with Gasteiger partial charge < -0.3 is 15.4 Å². The van der Waals surface area contributed by atoms with Gasteiger partial charge >= 0.3 is 0 Å². The second-order valence-corrected chi connectivity index (χ2v) is 4.82. The van der Waals surface area contributed by atoms with Crippen molar-refractivity contribution in [2.45, 2.75) is 25.4 Å². The molecule has 1 heterocycles. The Morgan fingerprint density at radius 2 is 2.25 bits per heavy atom. The second kappa shape index (κ2) is 8.84. The Morgan fingerprint density at radius 1 is 1.50 bits per heavy atom. The standard InChI is InChI=1S/C11H22N2O2S/c1-16-9-11(14)13-5-2-8-15-10-3-6-12-7-4-10/h10,12H,2-9H2,1H3,(H,13,14). The summed E-state index contributed by atoms with van der Waals surface area (Å²) in [5.41, 5.74) is 0. The van der Waals surface area contributed by atoms with Crippen LogP contribution in [0, 0.1) is 0 Å². The average molecular weight is 246 g/mol. The highest BCUT2D eigenvalue weighted by molar-refractivity contribution is 7.99. The number of hydrogen-bond donors (Lipinski definition) is 2. The van der Waals surface area contributed by atoms with Crippen LogP contribution in [-0.4, -0.2) is 50.3 Å². The molecule has 94 valence electrons. The normalized spacial score (nSPS) is 17.3. The summed E-state index contributed by atoms with van der Waals surface area (Å²) in [4.78, 5) is 11.1. The lowest BCUT2D eigenvalue weighted by molar-refractivity contribution is -0.118. The van der Waals surface area contributed by atoms with Gasteiger partial charge in [0.15, 0.2) is 0 Å². The average Bonchev–Trinajstić information content (AvgIpc) is 2.30. The molecule has 0 spiro atoms. The van der Waals surface area contributed by atoms with Gasteiger partial charge in [-0.25, -0.2) is 0 Å². The first-order valence-corrected chi connectivity index (χ1v) is 7.30. The van der Waals surface area contributed by atoms with Crippen molar-refractivity contribution in [3.05, 3.63) is 0 Å². The van der Waals surface area contributed by atoms with Crippen LogP contribution in [0.4, 0.5) is 0 Å².